The third kappa shape index (κ3) is 4.05. The van der Waals surface area contributed by atoms with Gasteiger partial charge < -0.3 is 5.32 Å². The minimum atomic E-state index is -0.0561. The van der Waals surface area contributed by atoms with Crippen molar-refractivity contribution in [1.29, 1.82) is 0 Å². The highest BCUT2D eigenvalue weighted by Crippen LogP contribution is 2.29. The van der Waals surface area contributed by atoms with Crippen LogP contribution in [0.1, 0.15) is 5.56 Å². The molecule has 2 heterocycles. The number of carbonyl (C=O) groups is 1. The maximum Gasteiger partial charge on any atom is 0.228 e. The Morgan fingerprint density at radius 1 is 1.25 bits per heavy atom. The molecule has 24 heavy (non-hydrogen) atoms. The van der Waals surface area contributed by atoms with Crippen LogP contribution in [-0.4, -0.2) is 18.2 Å². The number of rotatable bonds is 5. The molecular formula is C18H15BClN2OS. The summed E-state index contributed by atoms with van der Waals surface area (Å²) in [5.41, 5.74) is 3.85. The van der Waals surface area contributed by atoms with Crippen molar-refractivity contribution in [2.24, 2.45) is 0 Å². The lowest BCUT2D eigenvalue weighted by Gasteiger charge is -2.08. The van der Waals surface area contributed by atoms with E-state index in [0.29, 0.717) is 11.4 Å². The normalized spacial score (nSPS) is 10.4. The number of thiophene rings is 1. The first-order valence-corrected chi connectivity index (χ1v) is 8.78. The summed E-state index contributed by atoms with van der Waals surface area (Å²) >= 11 is 7.63. The summed E-state index contributed by atoms with van der Waals surface area (Å²) in [5, 5.41) is 5.53. The number of benzene rings is 1. The molecule has 0 spiro atoms. The molecule has 1 N–H and O–H groups in total. The lowest BCUT2D eigenvalue weighted by atomic mass is 9.70. The molecule has 0 aliphatic carbocycles. The minimum absolute atomic E-state index is 0.0561. The van der Waals surface area contributed by atoms with E-state index >= 15 is 0 Å². The topological polar surface area (TPSA) is 42.0 Å². The van der Waals surface area contributed by atoms with Gasteiger partial charge in [0.25, 0.3) is 0 Å². The van der Waals surface area contributed by atoms with Crippen LogP contribution in [0.15, 0.2) is 54.2 Å². The number of nitrogens with one attached hydrogen (secondary N) is 1. The second-order valence-electron chi connectivity index (χ2n) is 5.29. The molecule has 0 atom stereocenters. The number of hydrogen-bond acceptors (Lipinski definition) is 3. The van der Waals surface area contributed by atoms with Crippen molar-refractivity contribution in [2.45, 2.75) is 13.2 Å². The molecule has 3 nitrogen and oxygen atoms in total. The van der Waals surface area contributed by atoms with Gasteiger partial charge >= 0.3 is 0 Å². The first-order chi connectivity index (χ1) is 11.7. The lowest BCUT2D eigenvalue weighted by molar-refractivity contribution is -0.115. The molecule has 2 aromatic heterocycles. The molecule has 0 saturated carbocycles. The Balaban J connectivity index is 1.70. The van der Waals surface area contributed by atoms with Gasteiger partial charge in [0.05, 0.1) is 12.1 Å². The average Bonchev–Trinajstić information content (AvgIpc) is 3.04. The molecule has 3 rings (SSSR count). The monoisotopic (exact) mass is 353 g/mol. The molecule has 119 valence electrons. The number of halogens is 1. The van der Waals surface area contributed by atoms with Gasteiger partial charge in [0.1, 0.15) is 7.28 Å². The summed E-state index contributed by atoms with van der Waals surface area (Å²) in [5.74, 6) is -0.0561. The fourth-order valence-corrected chi connectivity index (χ4v) is 3.50. The predicted octanol–water partition coefficient (Wildman–Crippen LogP) is 4.02. The summed E-state index contributed by atoms with van der Waals surface area (Å²) in [6.07, 6.45) is 3.81. The summed E-state index contributed by atoms with van der Waals surface area (Å²) in [6.45, 7) is 1.95. The third-order valence-corrected chi connectivity index (χ3v) is 4.83. The van der Waals surface area contributed by atoms with E-state index in [1.807, 2.05) is 55.9 Å². The molecule has 6 heteroatoms. The smallest absolute Gasteiger partial charge is 0.228 e. The maximum absolute atomic E-state index is 12.3. The van der Waals surface area contributed by atoms with Crippen LogP contribution in [-0.2, 0) is 11.2 Å². The quantitative estimate of drug-likeness (QED) is 0.704. The van der Waals surface area contributed by atoms with Crippen molar-refractivity contribution < 1.29 is 4.79 Å². The predicted molar refractivity (Wildman–Crippen MR) is 103 cm³/mol. The fourth-order valence-electron chi connectivity index (χ4n) is 2.46. The van der Waals surface area contributed by atoms with Crippen molar-refractivity contribution in [3.63, 3.8) is 0 Å². The zero-order chi connectivity index (χ0) is 16.9. The Morgan fingerprint density at radius 3 is 2.79 bits per heavy atom. The number of aromatic nitrogens is 1. The van der Waals surface area contributed by atoms with Gasteiger partial charge in [-0.25, -0.2) is 0 Å². The van der Waals surface area contributed by atoms with Crippen molar-refractivity contribution in [3.05, 3.63) is 64.8 Å². The van der Waals surface area contributed by atoms with Gasteiger partial charge in [-0.2, -0.15) is 0 Å². The number of anilines is 1. The molecule has 1 amide bonds. The summed E-state index contributed by atoms with van der Waals surface area (Å²) in [7, 11) is 1.98. The molecule has 0 unspecified atom stereocenters. The largest absolute Gasteiger partial charge is 0.325 e. The highest BCUT2D eigenvalue weighted by Gasteiger charge is 2.10. The fraction of sp³-hybridized carbons (Fsp3) is 0.111. The van der Waals surface area contributed by atoms with Gasteiger partial charge in [0, 0.05) is 27.7 Å². The second kappa shape index (κ2) is 7.64. The molecule has 1 radical (unpaired) electrons. The Morgan fingerprint density at radius 2 is 2.04 bits per heavy atom. The Hall–Kier alpha value is -2.11. The lowest BCUT2D eigenvalue weighted by Crippen LogP contribution is -2.22. The van der Waals surface area contributed by atoms with Gasteiger partial charge in [0.15, 0.2) is 0 Å². The van der Waals surface area contributed by atoms with Gasteiger partial charge in [-0.05, 0) is 41.5 Å². The van der Waals surface area contributed by atoms with Crippen LogP contribution in [0.25, 0.3) is 10.4 Å². The molecular weight excluding hydrogens is 339 g/mol. The molecule has 0 aliphatic rings. The number of nitrogens with zero attached hydrogens (tertiary/aromatic N) is 1. The van der Waals surface area contributed by atoms with E-state index in [1.54, 1.807) is 23.7 Å². The number of pyridine rings is 1. The maximum atomic E-state index is 12.3. The molecule has 0 fully saturated rings. The van der Waals surface area contributed by atoms with E-state index in [2.05, 4.69) is 10.3 Å². The van der Waals surface area contributed by atoms with Crippen molar-refractivity contribution in [2.75, 3.05) is 5.32 Å². The standard InChI is InChI=1S/C18H15BClN2OS/c1-19-16-3-2-14(20)8-13(16)9-18(23)22-15-10-17(24-11-15)12-4-6-21-7-5-12/h2-8,10-11H,9H2,1H3,(H,22,23). The molecule has 1 aromatic carbocycles. The minimum Gasteiger partial charge on any atom is -0.325 e. The van der Waals surface area contributed by atoms with Gasteiger partial charge in [-0.15, -0.1) is 11.3 Å². The Labute approximate surface area is 151 Å². The van der Waals surface area contributed by atoms with E-state index in [-0.39, 0.29) is 5.91 Å². The van der Waals surface area contributed by atoms with Crippen LogP contribution in [0, 0.1) is 0 Å². The zero-order valence-corrected chi connectivity index (χ0v) is 14.7. The van der Waals surface area contributed by atoms with Crippen molar-refractivity contribution in [3.8, 4) is 10.4 Å². The summed E-state index contributed by atoms with van der Waals surface area (Å²) < 4.78 is 0. The van der Waals surface area contributed by atoms with E-state index in [9.17, 15) is 4.79 Å². The summed E-state index contributed by atoms with van der Waals surface area (Å²) in [4.78, 5) is 17.4. The number of amides is 1. The van der Waals surface area contributed by atoms with Crippen LogP contribution in [0.4, 0.5) is 5.69 Å². The molecule has 3 aromatic rings. The first-order valence-electron chi connectivity index (χ1n) is 7.52. The van der Waals surface area contributed by atoms with Crippen molar-refractivity contribution in [1.82, 2.24) is 4.98 Å². The van der Waals surface area contributed by atoms with Gasteiger partial charge in [0.2, 0.25) is 5.91 Å². The van der Waals surface area contributed by atoms with E-state index in [1.165, 1.54) is 0 Å². The van der Waals surface area contributed by atoms with Gasteiger partial charge in [-0.1, -0.05) is 30.0 Å². The molecule has 0 bridgehead atoms. The van der Waals surface area contributed by atoms with Crippen LogP contribution in [0.2, 0.25) is 11.8 Å². The first kappa shape index (κ1) is 16.7. The molecule has 0 aliphatic heterocycles. The highest BCUT2D eigenvalue weighted by atomic mass is 35.5. The zero-order valence-electron chi connectivity index (χ0n) is 13.1. The second-order valence-corrected chi connectivity index (χ2v) is 6.64. The SMILES string of the molecule is C[B]c1ccc(Cl)cc1CC(=O)Nc1csc(-c2ccncc2)c1. The summed E-state index contributed by atoms with van der Waals surface area (Å²) in [6, 6.07) is 11.5. The Kier molecular flexibility index (Phi) is 5.33. The van der Waals surface area contributed by atoms with Crippen LogP contribution in [0.5, 0.6) is 0 Å². The van der Waals surface area contributed by atoms with Crippen molar-refractivity contribution >= 4 is 47.3 Å². The highest BCUT2D eigenvalue weighted by molar-refractivity contribution is 7.14. The van der Waals surface area contributed by atoms with Crippen LogP contribution in [0.3, 0.4) is 0 Å². The third-order valence-electron chi connectivity index (χ3n) is 3.62. The van der Waals surface area contributed by atoms with E-state index < -0.39 is 0 Å². The number of hydrogen-bond donors (Lipinski definition) is 1. The average molecular weight is 354 g/mol. The molecule has 0 saturated heterocycles. The number of carbonyl (C=O) groups excluding carboxylic acids is 1. The Bertz CT molecular complexity index is 851. The van der Waals surface area contributed by atoms with Crippen LogP contribution >= 0.6 is 22.9 Å². The van der Waals surface area contributed by atoms with E-state index in [0.717, 1.165) is 27.2 Å². The van der Waals surface area contributed by atoms with Crippen LogP contribution < -0.4 is 10.8 Å². The van der Waals surface area contributed by atoms with Gasteiger partial charge in [-0.3, -0.25) is 9.78 Å². The van der Waals surface area contributed by atoms with E-state index in [4.69, 9.17) is 11.6 Å².